The van der Waals surface area contributed by atoms with E-state index in [2.05, 4.69) is 46.7 Å². The number of carbonyl (C=O) groups is 1. The van der Waals surface area contributed by atoms with Gasteiger partial charge in [0.25, 0.3) is 5.91 Å². The molecule has 1 fully saturated rings. The van der Waals surface area contributed by atoms with Gasteiger partial charge in [-0.2, -0.15) is 0 Å². The van der Waals surface area contributed by atoms with Crippen molar-refractivity contribution in [1.29, 1.82) is 0 Å². The fourth-order valence-electron chi connectivity index (χ4n) is 3.25. The van der Waals surface area contributed by atoms with Crippen LogP contribution in [0, 0.1) is 0 Å². The van der Waals surface area contributed by atoms with Crippen molar-refractivity contribution in [2.24, 2.45) is 0 Å². The molecule has 0 unspecified atom stereocenters. The number of anilines is 1. The topological polar surface area (TPSA) is 44.4 Å². The van der Waals surface area contributed by atoms with Gasteiger partial charge in [-0.1, -0.05) is 30.3 Å². The van der Waals surface area contributed by atoms with Gasteiger partial charge in [-0.3, -0.25) is 4.79 Å². The molecular formula is C21H27N3O. The fourth-order valence-corrected chi connectivity index (χ4v) is 3.25. The summed E-state index contributed by atoms with van der Waals surface area (Å²) in [6.45, 7) is 5.91. The maximum Gasteiger partial charge on any atom is 0.251 e. The number of carbonyl (C=O) groups excluding carboxylic acids is 1. The van der Waals surface area contributed by atoms with Gasteiger partial charge in [0.05, 0.1) is 0 Å². The third-order valence-corrected chi connectivity index (χ3v) is 4.77. The van der Waals surface area contributed by atoms with Crippen LogP contribution in [0.5, 0.6) is 0 Å². The van der Waals surface area contributed by atoms with E-state index >= 15 is 0 Å². The lowest BCUT2D eigenvalue weighted by Gasteiger charge is -2.25. The van der Waals surface area contributed by atoms with Crippen molar-refractivity contribution in [2.45, 2.75) is 32.4 Å². The van der Waals surface area contributed by atoms with Gasteiger partial charge in [0.2, 0.25) is 0 Å². The second-order valence-corrected chi connectivity index (χ2v) is 6.54. The molecule has 0 bridgehead atoms. The number of amides is 1. The van der Waals surface area contributed by atoms with E-state index in [1.807, 2.05) is 30.3 Å². The Balaban J connectivity index is 1.62. The van der Waals surface area contributed by atoms with Crippen LogP contribution in [-0.4, -0.2) is 31.6 Å². The second-order valence-electron chi connectivity index (χ2n) is 6.54. The SMILES string of the molecule is CCN(Cc1ccccc1)c1ccc(C(=O)NC2CCNCC2)cc1. The van der Waals surface area contributed by atoms with Crippen LogP contribution in [0.3, 0.4) is 0 Å². The first-order valence-corrected chi connectivity index (χ1v) is 9.17. The molecule has 3 rings (SSSR count). The molecule has 4 nitrogen and oxygen atoms in total. The van der Waals surface area contributed by atoms with Crippen LogP contribution < -0.4 is 15.5 Å². The van der Waals surface area contributed by atoms with Crippen LogP contribution in [0.4, 0.5) is 5.69 Å². The zero-order chi connectivity index (χ0) is 17.5. The molecule has 0 saturated carbocycles. The molecule has 25 heavy (non-hydrogen) atoms. The van der Waals surface area contributed by atoms with Crippen LogP contribution in [0.1, 0.15) is 35.7 Å². The average molecular weight is 337 g/mol. The molecule has 0 aromatic heterocycles. The Morgan fingerprint density at radius 1 is 1.08 bits per heavy atom. The van der Waals surface area contributed by atoms with Gasteiger partial charge in [-0.05, 0) is 62.7 Å². The van der Waals surface area contributed by atoms with Crippen LogP contribution in [0.25, 0.3) is 0 Å². The van der Waals surface area contributed by atoms with E-state index in [-0.39, 0.29) is 5.91 Å². The third-order valence-electron chi connectivity index (χ3n) is 4.77. The molecule has 1 aliphatic rings. The molecule has 2 aromatic rings. The molecule has 0 aliphatic carbocycles. The maximum absolute atomic E-state index is 12.4. The van der Waals surface area contributed by atoms with Crippen molar-refractivity contribution in [1.82, 2.24) is 10.6 Å². The number of benzene rings is 2. The Morgan fingerprint density at radius 3 is 2.40 bits per heavy atom. The van der Waals surface area contributed by atoms with Gasteiger partial charge in [-0.25, -0.2) is 0 Å². The molecule has 1 heterocycles. The summed E-state index contributed by atoms with van der Waals surface area (Å²) in [6, 6.07) is 18.7. The van der Waals surface area contributed by atoms with Gasteiger partial charge in [0.1, 0.15) is 0 Å². The molecule has 1 amide bonds. The highest BCUT2D eigenvalue weighted by molar-refractivity contribution is 5.94. The molecule has 1 aliphatic heterocycles. The maximum atomic E-state index is 12.4. The van der Waals surface area contributed by atoms with Gasteiger partial charge in [-0.15, -0.1) is 0 Å². The van der Waals surface area contributed by atoms with Gasteiger partial charge < -0.3 is 15.5 Å². The number of nitrogens with zero attached hydrogens (tertiary/aromatic N) is 1. The molecule has 0 atom stereocenters. The summed E-state index contributed by atoms with van der Waals surface area (Å²) in [6.07, 6.45) is 2.01. The van der Waals surface area contributed by atoms with Gasteiger partial charge >= 0.3 is 0 Å². The van der Waals surface area contributed by atoms with Crippen molar-refractivity contribution in [3.8, 4) is 0 Å². The highest BCUT2D eigenvalue weighted by Crippen LogP contribution is 2.18. The average Bonchev–Trinajstić information content (AvgIpc) is 2.68. The number of hydrogen-bond donors (Lipinski definition) is 2. The molecular weight excluding hydrogens is 310 g/mol. The summed E-state index contributed by atoms with van der Waals surface area (Å²) < 4.78 is 0. The first-order valence-electron chi connectivity index (χ1n) is 9.17. The minimum absolute atomic E-state index is 0.0320. The third kappa shape index (κ3) is 4.83. The minimum Gasteiger partial charge on any atom is -0.367 e. The summed E-state index contributed by atoms with van der Waals surface area (Å²) in [4.78, 5) is 14.7. The van der Waals surface area contributed by atoms with Crippen LogP contribution in [-0.2, 0) is 6.54 Å². The first kappa shape index (κ1) is 17.5. The fraction of sp³-hybridized carbons (Fsp3) is 0.381. The van der Waals surface area contributed by atoms with Gasteiger partial charge in [0.15, 0.2) is 0 Å². The van der Waals surface area contributed by atoms with E-state index in [0.29, 0.717) is 6.04 Å². The van der Waals surface area contributed by atoms with E-state index in [0.717, 1.165) is 50.3 Å². The Labute approximate surface area is 150 Å². The lowest BCUT2D eigenvalue weighted by atomic mass is 10.1. The number of rotatable bonds is 6. The second kappa shape index (κ2) is 8.67. The number of nitrogens with one attached hydrogen (secondary N) is 2. The van der Waals surface area contributed by atoms with Crippen LogP contribution >= 0.6 is 0 Å². The normalized spacial score (nSPS) is 14.9. The Bertz CT molecular complexity index is 663. The van der Waals surface area contributed by atoms with Crippen molar-refractivity contribution >= 4 is 11.6 Å². The Kier molecular flexibility index (Phi) is 6.07. The van der Waals surface area contributed by atoms with Crippen LogP contribution in [0.2, 0.25) is 0 Å². The van der Waals surface area contributed by atoms with Crippen molar-refractivity contribution in [3.63, 3.8) is 0 Å². The highest BCUT2D eigenvalue weighted by atomic mass is 16.1. The summed E-state index contributed by atoms with van der Waals surface area (Å²) >= 11 is 0. The molecule has 1 saturated heterocycles. The first-order chi connectivity index (χ1) is 12.3. The van der Waals surface area contributed by atoms with Crippen molar-refractivity contribution < 1.29 is 4.79 Å². The summed E-state index contributed by atoms with van der Waals surface area (Å²) in [5, 5.41) is 6.46. The van der Waals surface area contributed by atoms with Crippen molar-refractivity contribution in [3.05, 3.63) is 65.7 Å². The summed E-state index contributed by atoms with van der Waals surface area (Å²) in [5.41, 5.74) is 3.17. The molecule has 0 radical (unpaired) electrons. The minimum atomic E-state index is 0.0320. The predicted octanol–water partition coefficient (Wildman–Crippen LogP) is 3.19. The largest absolute Gasteiger partial charge is 0.367 e. The molecule has 132 valence electrons. The zero-order valence-electron chi connectivity index (χ0n) is 14.9. The van der Waals surface area contributed by atoms with E-state index in [1.165, 1.54) is 5.56 Å². The highest BCUT2D eigenvalue weighted by Gasteiger charge is 2.16. The van der Waals surface area contributed by atoms with Crippen molar-refractivity contribution in [2.75, 3.05) is 24.5 Å². The van der Waals surface area contributed by atoms with E-state index < -0.39 is 0 Å². The Morgan fingerprint density at radius 2 is 1.76 bits per heavy atom. The lowest BCUT2D eigenvalue weighted by molar-refractivity contribution is 0.0929. The standard InChI is InChI=1S/C21H27N3O/c1-2-24(16-17-6-4-3-5-7-17)20-10-8-18(9-11-20)21(25)23-19-12-14-22-15-13-19/h3-11,19,22H,2,12-16H2,1H3,(H,23,25). The summed E-state index contributed by atoms with van der Waals surface area (Å²) in [5.74, 6) is 0.0320. The van der Waals surface area contributed by atoms with E-state index in [4.69, 9.17) is 0 Å². The summed E-state index contributed by atoms with van der Waals surface area (Å²) in [7, 11) is 0. The quantitative estimate of drug-likeness (QED) is 0.851. The molecule has 0 spiro atoms. The van der Waals surface area contributed by atoms with E-state index in [9.17, 15) is 4.79 Å². The lowest BCUT2D eigenvalue weighted by Crippen LogP contribution is -2.42. The monoisotopic (exact) mass is 337 g/mol. The zero-order valence-corrected chi connectivity index (χ0v) is 14.9. The van der Waals surface area contributed by atoms with Gasteiger partial charge in [0, 0.05) is 30.4 Å². The number of piperidine rings is 1. The number of hydrogen-bond acceptors (Lipinski definition) is 3. The predicted molar refractivity (Wildman–Crippen MR) is 103 cm³/mol. The van der Waals surface area contributed by atoms with E-state index in [1.54, 1.807) is 0 Å². The Hall–Kier alpha value is -2.33. The molecule has 4 heteroatoms. The molecule has 2 aromatic carbocycles. The molecule has 2 N–H and O–H groups in total. The van der Waals surface area contributed by atoms with Crippen LogP contribution in [0.15, 0.2) is 54.6 Å². The smallest absolute Gasteiger partial charge is 0.251 e.